The van der Waals surface area contributed by atoms with Gasteiger partial charge >= 0.3 is 0 Å². The Kier molecular flexibility index (Phi) is 17.3. The number of hydrogen-bond acceptors (Lipinski definition) is 7. The minimum Gasteiger partial charge on any atom is -0.490 e. The zero-order valence-corrected chi connectivity index (χ0v) is 28.5. The maximum atomic E-state index is 13.6. The summed E-state index contributed by atoms with van der Waals surface area (Å²) in [4.78, 5) is 15.9. The Morgan fingerprint density at radius 1 is 0.950 bits per heavy atom. The number of fused-ring (bicyclic) bond motifs is 1. The highest BCUT2D eigenvalue weighted by molar-refractivity contribution is 14.1. The highest BCUT2D eigenvalue weighted by Gasteiger charge is 2.23. The number of ketones is 1. The largest absolute Gasteiger partial charge is 0.490 e. The van der Waals surface area contributed by atoms with Gasteiger partial charge in [0.1, 0.15) is 23.7 Å². The first kappa shape index (κ1) is 34.9. The fourth-order valence-corrected chi connectivity index (χ4v) is 6.16. The van der Waals surface area contributed by atoms with Crippen LogP contribution in [0, 0.1) is 7.14 Å². The Morgan fingerprint density at radius 3 is 2.25 bits per heavy atom. The number of halogens is 2. The van der Waals surface area contributed by atoms with E-state index < -0.39 is 0 Å². The third kappa shape index (κ3) is 10.9. The average molecular weight is 779 g/mol. The molecule has 3 rings (SSSR count). The van der Waals surface area contributed by atoms with E-state index in [0.29, 0.717) is 37.6 Å². The zero-order valence-electron chi connectivity index (χ0n) is 24.1. The number of unbranched alkanes of at least 4 members (excludes halogenated alkanes) is 1. The lowest BCUT2D eigenvalue weighted by atomic mass is 9.98. The molecule has 0 amide bonds. The number of carbonyl (C=O) groups excluding carboxylic acids is 1. The zero-order chi connectivity index (χ0) is 29.3. The molecule has 0 aliphatic carbocycles. The summed E-state index contributed by atoms with van der Waals surface area (Å²) in [6.45, 7) is 14.4. The number of furan rings is 1. The second-order valence-electron chi connectivity index (χ2n) is 9.01. The first-order chi connectivity index (χ1) is 19.4. The Hall–Kier alpha value is -1.25. The van der Waals surface area contributed by atoms with Crippen LogP contribution in [0.25, 0.3) is 11.0 Å². The molecule has 0 atom stereocenters. The summed E-state index contributed by atoms with van der Waals surface area (Å²) in [7, 11) is 0. The lowest BCUT2D eigenvalue weighted by Crippen LogP contribution is -2.28. The summed E-state index contributed by atoms with van der Waals surface area (Å²) in [6.07, 6.45) is 2.82. The molecule has 0 aliphatic heterocycles. The van der Waals surface area contributed by atoms with E-state index in [0.717, 1.165) is 75.1 Å². The van der Waals surface area contributed by atoms with Crippen molar-refractivity contribution in [1.29, 1.82) is 0 Å². The molecule has 0 fully saturated rings. The number of hydrogen-bond donors (Lipinski definition) is 1. The fourth-order valence-electron chi connectivity index (χ4n) is 4.08. The van der Waals surface area contributed by atoms with Gasteiger partial charge in [0.2, 0.25) is 0 Å². The number of benzene rings is 2. The molecule has 7 nitrogen and oxygen atoms in total. The molecule has 3 aromatic rings. The van der Waals surface area contributed by atoms with Gasteiger partial charge in [-0.15, -0.1) is 0 Å². The van der Waals surface area contributed by atoms with Crippen LogP contribution in [0.15, 0.2) is 40.8 Å². The number of carbonyl (C=O) groups is 1. The van der Waals surface area contributed by atoms with Gasteiger partial charge in [-0.25, -0.2) is 0 Å². The van der Waals surface area contributed by atoms with E-state index in [1.54, 1.807) is 0 Å². The average Bonchev–Trinajstić information content (AvgIpc) is 3.33. The number of aryl methyl sites for hydroxylation is 1. The van der Waals surface area contributed by atoms with Crippen molar-refractivity contribution in [3.8, 4) is 5.75 Å². The van der Waals surface area contributed by atoms with Gasteiger partial charge < -0.3 is 28.6 Å². The van der Waals surface area contributed by atoms with Crippen molar-refractivity contribution in [3.63, 3.8) is 0 Å². The topological polar surface area (TPSA) is 81.4 Å². The molecule has 1 aromatic heterocycles. The van der Waals surface area contributed by atoms with Gasteiger partial charge in [0.05, 0.1) is 39.1 Å². The van der Waals surface area contributed by atoms with Crippen molar-refractivity contribution in [1.82, 2.24) is 4.90 Å². The smallest absolute Gasteiger partial charge is 0.197 e. The third-order valence-electron chi connectivity index (χ3n) is 6.27. The molecule has 2 aromatic carbocycles. The Balaban J connectivity index is 0.000000536. The van der Waals surface area contributed by atoms with Crippen molar-refractivity contribution < 1.29 is 28.5 Å². The Labute approximate surface area is 266 Å². The fraction of sp³-hybridized carbons (Fsp3) is 0.516. The number of rotatable bonds is 17. The summed E-state index contributed by atoms with van der Waals surface area (Å²) in [6, 6.07) is 11.7. The van der Waals surface area contributed by atoms with Crippen molar-refractivity contribution in [3.05, 3.63) is 60.4 Å². The summed E-state index contributed by atoms with van der Waals surface area (Å²) in [5.74, 6) is 1.66. The normalized spacial score (nSPS) is 11.1. The predicted octanol–water partition coefficient (Wildman–Crippen LogP) is 6.97. The Bertz CT molecular complexity index is 1130. The monoisotopic (exact) mass is 779 g/mol. The standard InChI is InChI=1S/C25H29I2NO3.C6H14O3/c1-4-7-11-22-23(18-10-8-9-12-21(18)31-22)24(29)17-15-19(26)25(20(27)16-17)30-14-13-28(5-2)6-3;1-2-8-5-6-9-4-3-7/h8-10,12,15-16H,4-7,11,13-14H2,1-3H3;7H,2-6H2,1H3. The van der Waals surface area contributed by atoms with E-state index in [2.05, 4.69) is 70.9 Å². The van der Waals surface area contributed by atoms with Crippen LogP contribution in [0.3, 0.4) is 0 Å². The second-order valence-corrected chi connectivity index (χ2v) is 11.3. The molecular formula is C31H43I2NO6. The van der Waals surface area contributed by atoms with Crippen LogP contribution in [0.4, 0.5) is 0 Å². The van der Waals surface area contributed by atoms with Crippen LogP contribution in [0.2, 0.25) is 0 Å². The molecule has 0 saturated heterocycles. The minimum atomic E-state index is 0.0153. The number of ether oxygens (including phenoxy) is 3. The molecule has 0 bridgehead atoms. The highest BCUT2D eigenvalue weighted by Crippen LogP contribution is 2.33. The first-order valence-electron chi connectivity index (χ1n) is 14.1. The van der Waals surface area contributed by atoms with E-state index in [4.69, 9.17) is 23.7 Å². The van der Waals surface area contributed by atoms with Crippen LogP contribution >= 0.6 is 45.2 Å². The molecule has 0 spiro atoms. The number of aliphatic hydroxyl groups is 1. The number of likely N-dealkylation sites (N-methyl/N-ethyl adjacent to an activating group) is 1. The van der Waals surface area contributed by atoms with Gasteiger partial charge in [0.15, 0.2) is 5.78 Å². The first-order valence-corrected chi connectivity index (χ1v) is 16.2. The van der Waals surface area contributed by atoms with Crippen LogP contribution in [-0.2, 0) is 15.9 Å². The van der Waals surface area contributed by atoms with E-state index in [-0.39, 0.29) is 12.4 Å². The number of para-hydroxylation sites is 1. The molecule has 0 saturated carbocycles. The number of nitrogens with zero attached hydrogens (tertiary/aromatic N) is 1. The van der Waals surface area contributed by atoms with Crippen molar-refractivity contribution >= 4 is 61.9 Å². The lowest BCUT2D eigenvalue weighted by Gasteiger charge is -2.19. The summed E-state index contributed by atoms with van der Waals surface area (Å²) in [5, 5.41) is 9.15. The van der Waals surface area contributed by atoms with E-state index in [9.17, 15) is 4.79 Å². The van der Waals surface area contributed by atoms with Crippen LogP contribution in [0.5, 0.6) is 5.75 Å². The van der Waals surface area contributed by atoms with Gasteiger partial charge in [-0.1, -0.05) is 45.4 Å². The number of aliphatic hydroxyl groups excluding tert-OH is 1. The van der Waals surface area contributed by atoms with E-state index >= 15 is 0 Å². The molecule has 0 unspecified atom stereocenters. The van der Waals surface area contributed by atoms with Crippen molar-refractivity contribution in [2.24, 2.45) is 0 Å². The van der Waals surface area contributed by atoms with Crippen LogP contribution in [0.1, 0.15) is 62.2 Å². The van der Waals surface area contributed by atoms with Gasteiger partial charge in [-0.3, -0.25) is 4.79 Å². The molecule has 1 heterocycles. The maximum absolute atomic E-state index is 13.6. The molecular weight excluding hydrogens is 736 g/mol. The molecule has 40 heavy (non-hydrogen) atoms. The molecule has 0 aliphatic rings. The molecule has 1 N–H and O–H groups in total. The predicted molar refractivity (Wildman–Crippen MR) is 178 cm³/mol. The quantitative estimate of drug-likeness (QED) is 0.0902. The SMILES string of the molecule is CCCCc1oc2ccccc2c1C(=O)c1cc(I)c(OCCN(CC)CC)c(I)c1.CCOCCOCCO. The van der Waals surface area contributed by atoms with Crippen molar-refractivity contribution in [2.45, 2.75) is 47.0 Å². The highest BCUT2D eigenvalue weighted by atomic mass is 127. The minimum absolute atomic E-state index is 0.0153. The third-order valence-corrected chi connectivity index (χ3v) is 7.88. The summed E-state index contributed by atoms with van der Waals surface area (Å²) >= 11 is 4.54. The summed E-state index contributed by atoms with van der Waals surface area (Å²) in [5.41, 5.74) is 2.15. The Morgan fingerprint density at radius 2 is 1.62 bits per heavy atom. The van der Waals surface area contributed by atoms with Crippen molar-refractivity contribution in [2.75, 3.05) is 59.3 Å². The second kappa shape index (κ2) is 19.8. The van der Waals surface area contributed by atoms with Gasteiger partial charge in [-0.05, 0) is 89.8 Å². The summed E-state index contributed by atoms with van der Waals surface area (Å²) < 4.78 is 23.9. The lowest BCUT2D eigenvalue weighted by molar-refractivity contribution is 0.0370. The maximum Gasteiger partial charge on any atom is 0.197 e. The van der Waals surface area contributed by atoms with E-state index in [1.165, 1.54) is 0 Å². The molecule has 9 heteroatoms. The van der Waals surface area contributed by atoms with Gasteiger partial charge in [0, 0.05) is 30.5 Å². The van der Waals surface area contributed by atoms with E-state index in [1.807, 2.05) is 43.3 Å². The van der Waals surface area contributed by atoms with Gasteiger partial charge in [-0.2, -0.15) is 0 Å². The van der Waals surface area contributed by atoms with Gasteiger partial charge in [0.25, 0.3) is 0 Å². The molecule has 0 radical (unpaired) electrons. The molecule has 222 valence electrons. The van der Waals surface area contributed by atoms with Crippen LogP contribution in [-0.4, -0.2) is 75.1 Å². The van der Waals surface area contributed by atoms with Crippen LogP contribution < -0.4 is 4.74 Å².